The quantitative estimate of drug-likeness (QED) is 0.535. The number of rotatable bonds is 4. The predicted molar refractivity (Wildman–Crippen MR) is 59.0 cm³/mol. The SMILES string of the molecule is CC(=O)CC(=O)Nc1ccc(O)cc1C(=O)O. The van der Waals surface area contributed by atoms with E-state index in [1.54, 1.807) is 0 Å². The van der Waals surface area contributed by atoms with Gasteiger partial charge < -0.3 is 15.5 Å². The molecule has 0 aromatic heterocycles. The van der Waals surface area contributed by atoms with Crippen molar-refractivity contribution in [2.24, 2.45) is 0 Å². The average molecular weight is 237 g/mol. The number of carboxylic acid groups (broad SMARTS) is 1. The van der Waals surface area contributed by atoms with Crippen LogP contribution in [0.1, 0.15) is 23.7 Å². The van der Waals surface area contributed by atoms with Crippen LogP contribution in [0.3, 0.4) is 0 Å². The molecule has 0 unspecified atom stereocenters. The molecule has 0 atom stereocenters. The van der Waals surface area contributed by atoms with Crippen molar-refractivity contribution in [2.75, 3.05) is 5.32 Å². The van der Waals surface area contributed by atoms with Gasteiger partial charge in [-0.05, 0) is 25.1 Å². The first-order valence-electron chi connectivity index (χ1n) is 4.75. The number of aromatic hydroxyl groups is 1. The van der Waals surface area contributed by atoms with Crippen LogP contribution in [0.15, 0.2) is 18.2 Å². The van der Waals surface area contributed by atoms with E-state index in [4.69, 9.17) is 10.2 Å². The Hall–Kier alpha value is -2.37. The van der Waals surface area contributed by atoms with Gasteiger partial charge in [0, 0.05) is 0 Å². The van der Waals surface area contributed by atoms with Crippen LogP contribution in [0.25, 0.3) is 0 Å². The van der Waals surface area contributed by atoms with Gasteiger partial charge >= 0.3 is 5.97 Å². The lowest BCUT2D eigenvalue weighted by molar-refractivity contribution is -0.124. The summed E-state index contributed by atoms with van der Waals surface area (Å²) in [6.45, 7) is 1.26. The number of hydrogen-bond acceptors (Lipinski definition) is 4. The Bertz CT molecular complexity index is 481. The molecule has 0 radical (unpaired) electrons. The summed E-state index contributed by atoms with van der Waals surface area (Å²) in [5.41, 5.74) is -0.191. The molecule has 1 rings (SSSR count). The third kappa shape index (κ3) is 3.60. The van der Waals surface area contributed by atoms with E-state index < -0.39 is 11.9 Å². The number of phenols is 1. The van der Waals surface area contributed by atoms with Crippen molar-refractivity contribution >= 4 is 23.3 Å². The number of aromatic carboxylic acids is 1. The van der Waals surface area contributed by atoms with Crippen molar-refractivity contribution < 1.29 is 24.6 Å². The third-order valence-electron chi connectivity index (χ3n) is 1.92. The smallest absolute Gasteiger partial charge is 0.337 e. The standard InChI is InChI=1S/C11H11NO5/c1-6(13)4-10(15)12-9-3-2-7(14)5-8(9)11(16)17/h2-3,5,14H,4H2,1H3,(H,12,15)(H,16,17). The van der Waals surface area contributed by atoms with Crippen molar-refractivity contribution in [2.45, 2.75) is 13.3 Å². The van der Waals surface area contributed by atoms with Crippen molar-refractivity contribution in [3.63, 3.8) is 0 Å². The number of Topliss-reactive ketones (excluding diaryl/α,β-unsaturated/α-hetero) is 1. The molecule has 1 aromatic carbocycles. The Labute approximate surface area is 96.9 Å². The van der Waals surface area contributed by atoms with Gasteiger partial charge in [-0.15, -0.1) is 0 Å². The number of carbonyl (C=O) groups is 3. The fourth-order valence-corrected chi connectivity index (χ4v) is 1.24. The van der Waals surface area contributed by atoms with E-state index in [0.29, 0.717) is 0 Å². The van der Waals surface area contributed by atoms with Crippen LogP contribution in [0.5, 0.6) is 5.75 Å². The Kier molecular flexibility index (Phi) is 3.82. The molecule has 3 N–H and O–H groups in total. The van der Waals surface area contributed by atoms with E-state index >= 15 is 0 Å². The van der Waals surface area contributed by atoms with Crippen LogP contribution in [0, 0.1) is 0 Å². The second kappa shape index (κ2) is 5.11. The van der Waals surface area contributed by atoms with E-state index in [1.807, 2.05) is 0 Å². The van der Waals surface area contributed by atoms with Crippen LogP contribution >= 0.6 is 0 Å². The minimum Gasteiger partial charge on any atom is -0.508 e. The molecule has 0 saturated heterocycles. The molecule has 0 bridgehead atoms. The molecule has 0 aliphatic rings. The van der Waals surface area contributed by atoms with Gasteiger partial charge in [0.05, 0.1) is 17.7 Å². The van der Waals surface area contributed by atoms with Crippen LogP contribution in [-0.4, -0.2) is 27.9 Å². The Balaban J connectivity index is 2.94. The number of phenolic OH excluding ortho intramolecular Hbond substituents is 1. The molecule has 1 amide bonds. The van der Waals surface area contributed by atoms with Crippen molar-refractivity contribution in [1.82, 2.24) is 0 Å². The lowest BCUT2D eigenvalue weighted by atomic mass is 10.1. The lowest BCUT2D eigenvalue weighted by Gasteiger charge is -2.07. The largest absolute Gasteiger partial charge is 0.508 e. The monoisotopic (exact) mass is 237 g/mol. The number of benzene rings is 1. The first-order valence-corrected chi connectivity index (χ1v) is 4.75. The summed E-state index contributed by atoms with van der Waals surface area (Å²) in [7, 11) is 0. The molecule has 17 heavy (non-hydrogen) atoms. The van der Waals surface area contributed by atoms with Gasteiger partial charge in [-0.2, -0.15) is 0 Å². The zero-order valence-electron chi connectivity index (χ0n) is 9.06. The molecule has 0 heterocycles. The van der Waals surface area contributed by atoms with Crippen LogP contribution in [-0.2, 0) is 9.59 Å². The highest BCUT2D eigenvalue weighted by Gasteiger charge is 2.14. The Morgan fingerprint density at radius 2 is 1.94 bits per heavy atom. The van der Waals surface area contributed by atoms with Gasteiger partial charge in [-0.3, -0.25) is 9.59 Å². The van der Waals surface area contributed by atoms with Crippen LogP contribution in [0.2, 0.25) is 0 Å². The highest BCUT2D eigenvalue weighted by molar-refractivity contribution is 6.06. The van der Waals surface area contributed by atoms with E-state index in [2.05, 4.69) is 5.32 Å². The minimum absolute atomic E-state index is 0.0431. The van der Waals surface area contributed by atoms with Gasteiger partial charge in [0.15, 0.2) is 0 Å². The molecule has 1 aromatic rings. The summed E-state index contributed by atoms with van der Waals surface area (Å²) in [6.07, 6.45) is -0.320. The van der Waals surface area contributed by atoms with E-state index in [1.165, 1.54) is 19.1 Å². The molecule has 0 saturated carbocycles. The first kappa shape index (κ1) is 12.7. The number of amides is 1. The highest BCUT2D eigenvalue weighted by Crippen LogP contribution is 2.21. The second-order valence-electron chi connectivity index (χ2n) is 3.46. The van der Waals surface area contributed by atoms with E-state index in [0.717, 1.165) is 6.07 Å². The van der Waals surface area contributed by atoms with Crippen molar-refractivity contribution in [3.05, 3.63) is 23.8 Å². The summed E-state index contributed by atoms with van der Waals surface area (Å²) in [4.78, 5) is 32.8. The fourth-order valence-electron chi connectivity index (χ4n) is 1.24. The molecule has 0 aliphatic carbocycles. The normalized spacial score (nSPS) is 9.71. The molecule has 0 spiro atoms. The van der Waals surface area contributed by atoms with Gasteiger partial charge in [-0.1, -0.05) is 0 Å². The lowest BCUT2D eigenvalue weighted by Crippen LogP contribution is -2.16. The molecule has 0 fully saturated rings. The maximum absolute atomic E-state index is 11.3. The topological polar surface area (TPSA) is 104 Å². The molecular formula is C11H11NO5. The number of anilines is 1. The summed E-state index contributed by atoms with van der Waals surface area (Å²) < 4.78 is 0. The van der Waals surface area contributed by atoms with E-state index in [9.17, 15) is 14.4 Å². The number of carboxylic acids is 1. The highest BCUT2D eigenvalue weighted by atomic mass is 16.4. The number of hydrogen-bond donors (Lipinski definition) is 3. The van der Waals surface area contributed by atoms with Gasteiger partial charge in [0.2, 0.25) is 5.91 Å². The Morgan fingerprint density at radius 1 is 1.29 bits per heavy atom. The molecule has 0 aliphatic heterocycles. The number of ketones is 1. The van der Waals surface area contributed by atoms with Gasteiger partial charge in [0.1, 0.15) is 11.5 Å². The summed E-state index contributed by atoms with van der Waals surface area (Å²) in [5.74, 6) is -2.41. The Morgan fingerprint density at radius 3 is 2.47 bits per heavy atom. The fraction of sp³-hybridized carbons (Fsp3) is 0.182. The predicted octanol–water partition coefficient (Wildman–Crippen LogP) is 1.01. The van der Waals surface area contributed by atoms with Crippen molar-refractivity contribution in [3.8, 4) is 5.75 Å². The van der Waals surface area contributed by atoms with Crippen molar-refractivity contribution in [1.29, 1.82) is 0 Å². The van der Waals surface area contributed by atoms with Gasteiger partial charge in [0.25, 0.3) is 0 Å². The number of nitrogens with one attached hydrogen (secondary N) is 1. The number of carbonyl (C=O) groups excluding carboxylic acids is 2. The summed E-state index contributed by atoms with van der Waals surface area (Å²) in [5, 5.41) is 20.3. The first-order chi connectivity index (χ1) is 7.90. The minimum atomic E-state index is -1.28. The summed E-state index contributed by atoms with van der Waals surface area (Å²) in [6, 6.07) is 3.53. The van der Waals surface area contributed by atoms with Crippen LogP contribution < -0.4 is 5.32 Å². The van der Waals surface area contributed by atoms with Gasteiger partial charge in [-0.25, -0.2) is 4.79 Å². The maximum atomic E-state index is 11.3. The van der Waals surface area contributed by atoms with Crippen LogP contribution in [0.4, 0.5) is 5.69 Å². The molecule has 6 heteroatoms. The average Bonchev–Trinajstić information content (AvgIpc) is 2.19. The zero-order chi connectivity index (χ0) is 13.0. The summed E-state index contributed by atoms with van der Waals surface area (Å²) >= 11 is 0. The molecular weight excluding hydrogens is 226 g/mol. The maximum Gasteiger partial charge on any atom is 0.337 e. The van der Waals surface area contributed by atoms with E-state index in [-0.39, 0.29) is 29.2 Å². The molecule has 6 nitrogen and oxygen atoms in total. The zero-order valence-corrected chi connectivity index (χ0v) is 9.06. The molecule has 90 valence electrons. The third-order valence-corrected chi connectivity index (χ3v) is 1.92. The second-order valence-corrected chi connectivity index (χ2v) is 3.46.